The molecule has 0 saturated heterocycles. The molecule has 136 valence electrons. The van der Waals surface area contributed by atoms with Crippen molar-refractivity contribution in [3.63, 3.8) is 0 Å². The van der Waals surface area contributed by atoms with Crippen molar-refractivity contribution in [3.8, 4) is 5.88 Å². The summed E-state index contributed by atoms with van der Waals surface area (Å²) >= 11 is 0. The van der Waals surface area contributed by atoms with Gasteiger partial charge in [0.15, 0.2) is 0 Å². The third-order valence-corrected chi connectivity index (χ3v) is 4.83. The maximum atomic E-state index is 12.0. The van der Waals surface area contributed by atoms with Crippen LogP contribution in [0.4, 0.5) is 4.79 Å². The van der Waals surface area contributed by atoms with Crippen molar-refractivity contribution in [2.75, 3.05) is 6.61 Å². The number of carbonyl (C=O) groups excluding carboxylic acids is 1. The standard InChI is InChI=1S/C18H25N3O4/c22-17(23)14-4-6-15(7-5-14)21-18(24)20-10-13-3-8-16(19-9-13)25-11-12-1-2-12/h3,8-9,12,14-15H,1-2,4-7,10-11H2,(H,22,23)(H2,20,21,24). The molecule has 25 heavy (non-hydrogen) atoms. The lowest BCUT2D eigenvalue weighted by Gasteiger charge is -2.26. The van der Waals surface area contributed by atoms with Gasteiger partial charge in [-0.2, -0.15) is 0 Å². The van der Waals surface area contributed by atoms with Gasteiger partial charge in [-0.15, -0.1) is 0 Å². The van der Waals surface area contributed by atoms with Gasteiger partial charge >= 0.3 is 12.0 Å². The number of hydrogen-bond donors (Lipinski definition) is 3. The van der Waals surface area contributed by atoms with E-state index in [1.165, 1.54) is 12.8 Å². The fourth-order valence-electron chi connectivity index (χ4n) is 2.99. The first-order chi connectivity index (χ1) is 12.1. The average molecular weight is 347 g/mol. The van der Waals surface area contributed by atoms with Gasteiger partial charge in [-0.25, -0.2) is 9.78 Å². The van der Waals surface area contributed by atoms with E-state index in [9.17, 15) is 9.59 Å². The van der Waals surface area contributed by atoms with Crippen LogP contribution in [0.3, 0.4) is 0 Å². The Labute approximate surface area is 147 Å². The second kappa shape index (κ2) is 8.18. The van der Waals surface area contributed by atoms with Crippen molar-refractivity contribution < 1.29 is 19.4 Å². The summed E-state index contributed by atoms with van der Waals surface area (Å²) in [6.07, 6.45) is 6.85. The molecule has 1 aromatic rings. The third kappa shape index (κ3) is 5.62. The normalized spacial score (nSPS) is 22.9. The van der Waals surface area contributed by atoms with Crippen LogP contribution >= 0.6 is 0 Å². The maximum Gasteiger partial charge on any atom is 0.315 e. The van der Waals surface area contributed by atoms with Crippen molar-refractivity contribution in [2.45, 2.75) is 51.1 Å². The fourth-order valence-corrected chi connectivity index (χ4v) is 2.99. The van der Waals surface area contributed by atoms with Crippen molar-refractivity contribution in [3.05, 3.63) is 23.9 Å². The third-order valence-electron chi connectivity index (χ3n) is 4.83. The lowest BCUT2D eigenvalue weighted by atomic mass is 9.86. The number of rotatable bonds is 7. The average Bonchev–Trinajstić information content (AvgIpc) is 3.44. The van der Waals surface area contributed by atoms with Crippen LogP contribution in [0.15, 0.2) is 18.3 Å². The summed E-state index contributed by atoms with van der Waals surface area (Å²) in [7, 11) is 0. The van der Waals surface area contributed by atoms with Crippen molar-refractivity contribution >= 4 is 12.0 Å². The topological polar surface area (TPSA) is 101 Å². The summed E-state index contributed by atoms with van der Waals surface area (Å²) in [5, 5.41) is 14.7. The van der Waals surface area contributed by atoms with Crippen LogP contribution in [0, 0.1) is 11.8 Å². The molecule has 7 nitrogen and oxygen atoms in total. The van der Waals surface area contributed by atoms with E-state index in [-0.39, 0.29) is 18.0 Å². The summed E-state index contributed by atoms with van der Waals surface area (Å²) in [4.78, 5) is 27.1. The maximum absolute atomic E-state index is 12.0. The summed E-state index contributed by atoms with van der Waals surface area (Å²) < 4.78 is 5.58. The Kier molecular flexibility index (Phi) is 5.73. The van der Waals surface area contributed by atoms with Gasteiger partial charge in [0.05, 0.1) is 12.5 Å². The van der Waals surface area contributed by atoms with Crippen LogP contribution in [0.25, 0.3) is 0 Å². The van der Waals surface area contributed by atoms with E-state index >= 15 is 0 Å². The molecule has 1 aromatic heterocycles. The molecule has 2 saturated carbocycles. The highest BCUT2D eigenvalue weighted by Crippen LogP contribution is 2.29. The highest BCUT2D eigenvalue weighted by molar-refractivity contribution is 5.74. The second-order valence-corrected chi connectivity index (χ2v) is 6.97. The summed E-state index contributed by atoms with van der Waals surface area (Å²) in [6.45, 7) is 1.13. The molecule has 7 heteroatoms. The molecule has 0 unspecified atom stereocenters. The Hall–Kier alpha value is -2.31. The Balaban J connectivity index is 1.35. The Morgan fingerprint density at radius 2 is 1.92 bits per heavy atom. The molecule has 0 aromatic carbocycles. The molecule has 0 radical (unpaired) electrons. The van der Waals surface area contributed by atoms with Gasteiger partial charge in [-0.1, -0.05) is 6.07 Å². The molecule has 0 bridgehead atoms. The van der Waals surface area contributed by atoms with Gasteiger partial charge in [-0.05, 0) is 50.0 Å². The van der Waals surface area contributed by atoms with Crippen LogP contribution in [0.2, 0.25) is 0 Å². The number of amides is 2. The van der Waals surface area contributed by atoms with Gasteiger partial charge in [0.2, 0.25) is 5.88 Å². The van der Waals surface area contributed by atoms with Crippen LogP contribution in [0.1, 0.15) is 44.1 Å². The molecule has 2 aliphatic carbocycles. The molecule has 3 N–H and O–H groups in total. The summed E-state index contributed by atoms with van der Waals surface area (Å²) in [5.74, 6) is 0.306. The van der Waals surface area contributed by atoms with Crippen LogP contribution in [0.5, 0.6) is 5.88 Å². The smallest absolute Gasteiger partial charge is 0.315 e. The number of aliphatic carboxylic acids is 1. The highest BCUT2D eigenvalue weighted by Gasteiger charge is 2.26. The molecule has 2 aliphatic rings. The van der Waals surface area contributed by atoms with E-state index in [0.717, 1.165) is 12.2 Å². The summed E-state index contributed by atoms with van der Waals surface area (Å²) in [5.41, 5.74) is 0.906. The van der Waals surface area contributed by atoms with E-state index in [0.29, 0.717) is 44.0 Å². The second-order valence-electron chi connectivity index (χ2n) is 6.97. The number of pyridine rings is 1. The van der Waals surface area contributed by atoms with E-state index < -0.39 is 5.97 Å². The number of ether oxygens (including phenoxy) is 1. The van der Waals surface area contributed by atoms with Gasteiger partial charge < -0.3 is 20.5 Å². The molecule has 2 amide bonds. The monoisotopic (exact) mass is 347 g/mol. The van der Waals surface area contributed by atoms with E-state index in [4.69, 9.17) is 9.84 Å². The first-order valence-corrected chi connectivity index (χ1v) is 8.95. The number of urea groups is 1. The zero-order valence-electron chi connectivity index (χ0n) is 14.2. The Morgan fingerprint density at radius 3 is 2.52 bits per heavy atom. The van der Waals surface area contributed by atoms with Crippen molar-refractivity contribution in [1.29, 1.82) is 0 Å². The van der Waals surface area contributed by atoms with Gasteiger partial charge in [0, 0.05) is 24.8 Å². The predicted molar refractivity (Wildman–Crippen MR) is 91.2 cm³/mol. The molecule has 0 atom stereocenters. The molecular weight excluding hydrogens is 322 g/mol. The molecule has 3 rings (SSSR count). The number of hydrogen-bond acceptors (Lipinski definition) is 4. The molecule has 2 fully saturated rings. The van der Waals surface area contributed by atoms with Crippen LogP contribution < -0.4 is 15.4 Å². The fraction of sp³-hybridized carbons (Fsp3) is 0.611. The number of carbonyl (C=O) groups is 2. The van der Waals surface area contributed by atoms with Gasteiger partial charge in [0.25, 0.3) is 0 Å². The molecule has 0 aliphatic heterocycles. The largest absolute Gasteiger partial charge is 0.481 e. The van der Waals surface area contributed by atoms with Crippen molar-refractivity contribution in [2.24, 2.45) is 11.8 Å². The van der Waals surface area contributed by atoms with E-state index in [1.807, 2.05) is 12.1 Å². The number of nitrogens with zero attached hydrogens (tertiary/aromatic N) is 1. The lowest BCUT2D eigenvalue weighted by molar-refractivity contribution is -0.142. The first kappa shape index (κ1) is 17.5. The number of nitrogens with one attached hydrogen (secondary N) is 2. The minimum absolute atomic E-state index is 0.0481. The first-order valence-electron chi connectivity index (χ1n) is 8.95. The zero-order valence-corrected chi connectivity index (χ0v) is 14.2. The summed E-state index contributed by atoms with van der Waals surface area (Å²) in [6, 6.07) is 3.54. The Bertz CT molecular complexity index is 593. The number of carboxylic acids is 1. The highest BCUT2D eigenvalue weighted by atomic mass is 16.5. The van der Waals surface area contributed by atoms with Crippen LogP contribution in [-0.2, 0) is 11.3 Å². The van der Waals surface area contributed by atoms with Gasteiger partial charge in [-0.3, -0.25) is 4.79 Å². The quantitative estimate of drug-likeness (QED) is 0.703. The minimum atomic E-state index is -0.736. The Morgan fingerprint density at radius 1 is 1.16 bits per heavy atom. The molecular formula is C18H25N3O4. The van der Waals surface area contributed by atoms with E-state index in [2.05, 4.69) is 15.6 Å². The van der Waals surface area contributed by atoms with E-state index in [1.54, 1.807) is 6.20 Å². The minimum Gasteiger partial charge on any atom is -0.481 e. The lowest BCUT2D eigenvalue weighted by Crippen LogP contribution is -2.43. The molecule has 1 heterocycles. The SMILES string of the molecule is O=C(NCc1ccc(OCC2CC2)nc1)NC1CCC(C(=O)O)CC1. The molecule has 0 spiro atoms. The van der Waals surface area contributed by atoms with Crippen LogP contribution in [-0.4, -0.2) is 34.7 Å². The number of carboxylic acid groups (broad SMARTS) is 1. The van der Waals surface area contributed by atoms with Gasteiger partial charge in [0.1, 0.15) is 0 Å². The predicted octanol–water partition coefficient (Wildman–Crippen LogP) is 2.31. The zero-order chi connectivity index (χ0) is 17.6. The van der Waals surface area contributed by atoms with Crippen molar-refractivity contribution in [1.82, 2.24) is 15.6 Å². The number of aromatic nitrogens is 1.